The highest BCUT2D eigenvalue weighted by molar-refractivity contribution is 8.00. The molecule has 0 bridgehead atoms. The molecule has 0 aromatic heterocycles. The number of hydrogen-bond acceptors (Lipinski definition) is 10. The zero-order valence-corrected chi connectivity index (χ0v) is 28.6. The molecular weight excluding hydrogens is 702 g/mol. The largest absolute Gasteiger partial charge is 0.529 e. The van der Waals surface area contributed by atoms with E-state index < -0.39 is 25.4 Å². The summed E-state index contributed by atoms with van der Waals surface area (Å²) in [7, 11) is -3.29. The van der Waals surface area contributed by atoms with Crippen LogP contribution in [0.25, 0.3) is 6.08 Å². The monoisotopic (exact) mass is 728 g/mol. The third kappa shape index (κ3) is 5.91. The van der Waals surface area contributed by atoms with Gasteiger partial charge in [0, 0.05) is 52.9 Å². The molecule has 1 fully saturated rings. The predicted octanol–water partition coefficient (Wildman–Crippen LogP) is 7.06. The molecule has 1 saturated heterocycles. The van der Waals surface area contributed by atoms with E-state index in [0.29, 0.717) is 41.1 Å². The number of amides is 3. The number of likely N-dealkylation sites (tertiary alicyclic amines) is 1. The quantitative estimate of drug-likeness (QED) is 0.0942. The molecule has 0 saturated carbocycles. The summed E-state index contributed by atoms with van der Waals surface area (Å²) in [5.74, 6) is -0.528. The van der Waals surface area contributed by atoms with Gasteiger partial charge < -0.3 is 19.3 Å². The van der Waals surface area contributed by atoms with Crippen LogP contribution >= 0.6 is 42.9 Å². The fourth-order valence-electron chi connectivity index (χ4n) is 6.12. The lowest BCUT2D eigenvalue weighted by atomic mass is 9.77. The molecule has 3 aromatic carbocycles. The Balaban J connectivity index is 1.26. The Morgan fingerprint density at radius 2 is 1.81 bits per heavy atom. The molecule has 15 heteroatoms. The maximum atomic E-state index is 13.5. The number of hydrogen-bond donors (Lipinski definition) is 1. The molecule has 3 amide bonds. The molecule has 0 aliphatic carbocycles. The van der Waals surface area contributed by atoms with Crippen molar-refractivity contribution in [3.05, 3.63) is 92.5 Å². The van der Waals surface area contributed by atoms with E-state index in [1.807, 2.05) is 6.92 Å². The lowest BCUT2D eigenvalue weighted by Gasteiger charge is -2.37. The topological polar surface area (TPSA) is 145 Å². The zero-order chi connectivity index (χ0) is 34.3. The van der Waals surface area contributed by atoms with Crippen molar-refractivity contribution in [3.8, 4) is 17.2 Å². The number of fused-ring (bicyclic) bond motifs is 6. The maximum absolute atomic E-state index is 13.5. The Bertz CT molecular complexity index is 1980. The van der Waals surface area contributed by atoms with Gasteiger partial charge in [0.1, 0.15) is 11.5 Å². The van der Waals surface area contributed by atoms with Gasteiger partial charge in [-0.25, -0.2) is 4.79 Å². The van der Waals surface area contributed by atoms with E-state index in [2.05, 4.69) is 11.9 Å². The molecule has 0 radical (unpaired) electrons. The Morgan fingerprint density at radius 1 is 1.08 bits per heavy atom. The number of carbonyl (C=O) groups excluding carboxylic acids is 4. The molecule has 3 aliphatic rings. The van der Waals surface area contributed by atoms with Crippen LogP contribution in [0.3, 0.4) is 0 Å². The number of rotatable bonds is 11. The number of ether oxygens (including phenoxy) is 2. The minimum Gasteiger partial charge on any atom is -0.456 e. The lowest BCUT2D eigenvalue weighted by molar-refractivity contribution is -0.138. The van der Waals surface area contributed by atoms with E-state index >= 15 is 0 Å². The molecule has 48 heavy (non-hydrogen) atoms. The number of esters is 1. The molecule has 1 spiro atoms. The van der Waals surface area contributed by atoms with Crippen molar-refractivity contribution in [2.24, 2.45) is 0 Å². The van der Waals surface area contributed by atoms with Crippen LogP contribution in [0, 0.1) is 0 Å². The molecule has 2 atom stereocenters. The smallest absolute Gasteiger partial charge is 0.456 e. The van der Waals surface area contributed by atoms with Gasteiger partial charge in [-0.3, -0.25) is 19.3 Å². The van der Waals surface area contributed by atoms with Crippen LogP contribution in [0.2, 0.25) is 10.0 Å². The van der Waals surface area contributed by atoms with Gasteiger partial charge in [0.15, 0.2) is 11.4 Å². The Labute approximate surface area is 289 Å². The summed E-state index contributed by atoms with van der Waals surface area (Å²) in [6, 6.07) is 10.5. The molecule has 1 N–H and O–H groups in total. The first-order valence-corrected chi connectivity index (χ1v) is 17.8. The van der Waals surface area contributed by atoms with Crippen molar-refractivity contribution in [3.63, 3.8) is 0 Å². The van der Waals surface area contributed by atoms with Gasteiger partial charge in [-0.15, -0.1) is 11.8 Å². The number of benzene rings is 3. The molecular formula is C33H27Cl2N2O9PS. The second-order valence-electron chi connectivity index (χ2n) is 11.1. The lowest BCUT2D eigenvalue weighted by Crippen LogP contribution is -2.33. The second-order valence-corrected chi connectivity index (χ2v) is 14.0. The van der Waals surface area contributed by atoms with Crippen molar-refractivity contribution >= 4 is 72.6 Å². The van der Waals surface area contributed by atoms with E-state index in [4.69, 9.17) is 37.2 Å². The Hall–Kier alpha value is -4.09. The van der Waals surface area contributed by atoms with Crippen molar-refractivity contribution in [2.45, 2.75) is 37.0 Å². The maximum Gasteiger partial charge on any atom is 0.529 e. The standard InChI is InChI=1S/C33H27Cl2N2O9PS/c1-3-17-12-25-21(13-23(17)34)33(22-14-24(35)27(46-47(42)43)15-26(22)44-25)20-8-7-18(11-19(20)32(41)45-33)30(39)36-9-5-6-10-37-29(38)16-28(31(37)40)48-4-2/h3,7-8,11-15,28H,1,4-6,9-10,16H2,2H3,(H,36,39). The number of halogens is 2. The summed E-state index contributed by atoms with van der Waals surface area (Å²) >= 11 is 14.5. The average molecular weight is 730 g/mol. The van der Waals surface area contributed by atoms with Crippen LogP contribution in [-0.4, -0.2) is 52.7 Å². The Kier molecular flexibility index (Phi) is 9.46. The van der Waals surface area contributed by atoms with Gasteiger partial charge in [-0.2, -0.15) is 9.13 Å². The fourth-order valence-corrected chi connectivity index (χ4v) is 7.86. The average Bonchev–Trinajstić information content (AvgIpc) is 3.49. The molecule has 6 rings (SSSR count). The van der Waals surface area contributed by atoms with Crippen molar-refractivity contribution < 1.29 is 42.3 Å². The van der Waals surface area contributed by atoms with Gasteiger partial charge >= 0.3 is 13.9 Å². The van der Waals surface area contributed by atoms with Crippen LogP contribution in [-0.2, 0) is 29.1 Å². The van der Waals surface area contributed by atoms with Crippen LogP contribution in [0.15, 0.2) is 49.0 Å². The van der Waals surface area contributed by atoms with E-state index in [0.717, 1.165) is 5.75 Å². The minimum absolute atomic E-state index is 0.0770. The second kappa shape index (κ2) is 13.4. The summed E-state index contributed by atoms with van der Waals surface area (Å²) in [5, 5.41) is 2.73. The van der Waals surface area contributed by atoms with Gasteiger partial charge in [0.25, 0.3) is 5.91 Å². The van der Waals surface area contributed by atoms with Gasteiger partial charge in [-0.05, 0) is 54.5 Å². The van der Waals surface area contributed by atoms with Crippen LogP contribution < -0.4 is 14.6 Å². The third-order valence-corrected chi connectivity index (χ3v) is 10.4. The van der Waals surface area contributed by atoms with Crippen molar-refractivity contribution in [1.82, 2.24) is 10.2 Å². The summed E-state index contributed by atoms with van der Waals surface area (Å²) in [4.78, 5) is 52.7. The summed E-state index contributed by atoms with van der Waals surface area (Å²) in [5.41, 5.74) is 0.303. The molecule has 248 valence electrons. The van der Waals surface area contributed by atoms with Crippen molar-refractivity contribution in [1.29, 1.82) is 0 Å². The summed E-state index contributed by atoms with van der Waals surface area (Å²) in [6.07, 6.45) is 2.80. The first-order valence-electron chi connectivity index (χ1n) is 14.9. The van der Waals surface area contributed by atoms with Crippen LogP contribution in [0.1, 0.15) is 69.2 Å². The molecule has 3 aromatic rings. The first-order chi connectivity index (χ1) is 23.0. The number of thioether (sulfide) groups is 1. The van der Waals surface area contributed by atoms with Gasteiger partial charge in [0.2, 0.25) is 11.8 Å². The van der Waals surface area contributed by atoms with Crippen LogP contribution in [0.5, 0.6) is 17.2 Å². The van der Waals surface area contributed by atoms with Gasteiger partial charge in [0.05, 0.1) is 15.8 Å². The number of nitrogens with zero attached hydrogens (tertiary/aromatic N) is 1. The highest BCUT2D eigenvalue weighted by atomic mass is 35.5. The van der Waals surface area contributed by atoms with Crippen molar-refractivity contribution in [2.75, 3.05) is 18.8 Å². The van der Waals surface area contributed by atoms with Gasteiger partial charge in [-0.1, -0.05) is 48.8 Å². The van der Waals surface area contributed by atoms with E-state index in [1.165, 1.54) is 40.9 Å². The summed E-state index contributed by atoms with van der Waals surface area (Å²) in [6.45, 7) is 6.29. The molecule has 3 aliphatic heterocycles. The van der Waals surface area contributed by atoms with Crippen LogP contribution in [0.4, 0.5) is 0 Å². The third-order valence-electron chi connectivity index (χ3n) is 8.30. The number of unbranched alkanes of at least 4 members (excludes halogenated alkanes) is 1. The minimum atomic E-state index is -3.29. The molecule has 2 unspecified atom stereocenters. The molecule has 11 nitrogen and oxygen atoms in total. The SMILES string of the molecule is C=Cc1cc2c(cc1Cl)C1(OC(=O)c3cc(C(=O)NCCCCN4C(=O)CC(SCC)C4=O)ccc31)c1cc(Cl)c(OP(=O)=O)cc1O2. The number of nitrogens with one attached hydrogen (secondary N) is 1. The van der Waals surface area contributed by atoms with E-state index in [-0.39, 0.29) is 69.0 Å². The summed E-state index contributed by atoms with van der Waals surface area (Å²) < 4.78 is 39.8. The fraction of sp³-hybridized carbons (Fsp3) is 0.273. The zero-order valence-electron chi connectivity index (χ0n) is 25.4. The molecule has 3 heterocycles. The number of carbonyl (C=O) groups is 4. The van der Waals surface area contributed by atoms with E-state index in [9.17, 15) is 28.3 Å². The highest BCUT2D eigenvalue weighted by Crippen LogP contribution is 2.58. The van der Waals surface area contributed by atoms with E-state index in [1.54, 1.807) is 24.3 Å². The highest BCUT2D eigenvalue weighted by Gasteiger charge is 2.54. The number of imide groups is 1. The predicted molar refractivity (Wildman–Crippen MR) is 179 cm³/mol. The Morgan fingerprint density at radius 3 is 2.52 bits per heavy atom. The first kappa shape index (κ1) is 33.8. The normalized spacial score (nSPS) is 18.9.